The number of aliphatic hydroxyl groups is 2. The third-order valence-corrected chi connectivity index (χ3v) is 7.42. The van der Waals surface area contributed by atoms with Crippen molar-refractivity contribution in [3.8, 4) is 0 Å². The monoisotopic (exact) mass is 547 g/mol. The van der Waals surface area contributed by atoms with Crippen LogP contribution in [-0.2, 0) is 44.7 Å². The van der Waals surface area contributed by atoms with E-state index in [1.165, 1.54) is 11.3 Å². The van der Waals surface area contributed by atoms with E-state index in [4.69, 9.17) is 34.0 Å². The van der Waals surface area contributed by atoms with E-state index in [-0.39, 0.29) is 65.0 Å². The zero-order chi connectivity index (χ0) is 27.4. The Morgan fingerprint density at radius 1 is 1.15 bits per heavy atom. The molecule has 1 aromatic carbocycles. The summed E-state index contributed by atoms with van der Waals surface area (Å²) in [7, 11) is 0. The third-order valence-electron chi connectivity index (χ3n) is 7.42. The maximum Gasteiger partial charge on any atom is 0.327 e. The normalized spacial score (nSPS) is 31.1. The van der Waals surface area contributed by atoms with Gasteiger partial charge in [0.25, 0.3) is 0 Å². The summed E-state index contributed by atoms with van der Waals surface area (Å²) >= 11 is 0. The lowest BCUT2D eigenvalue weighted by Gasteiger charge is -2.48. The highest BCUT2D eigenvalue weighted by Gasteiger charge is 2.74. The number of nitrogens with zero attached hydrogens (tertiary/aromatic N) is 1. The molecule has 4 N–H and O–H groups in total. The minimum Gasteiger partial charge on any atom is -0.499 e. The van der Waals surface area contributed by atoms with Gasteiger partial charge < -0.3 is 39.8 Å². The molecule has 212 valence electrons. The maximum absolute atomic E-state index is 13.8. The number of hydrogen-bond donors (Lipinski definition) is 4. The molecule has 2 amide bonds. The highest BCUT2D eigenvalue weighted by Crippen LogP contribution is 2.55. The van der Waals surface area contributed by atoms with Gasteiger partial charge in [-0.05, 0) is 17.2 Å². The van der Waals surface area contributed by atoms with Crippen molar-refractivity contribution in [2.75, 3.05) is 39.7 Å². The van der Waals surface area contributed by atoms with Gasteiger partial charge in [-0.2, -0.15) is 5.06 Å². The van der Waals surface area contributed by atoms with Crippen LogP contribution in [0.15, 0.2) is 30.5 Å². The number of aliphatic hydroxyl groups excluding tert-OH is 2. The lowest BCUT2D eigenvalue weighted by molar-refractivity contribution is -0.201. The maximum atomic E-state index is 13.8. The van der Waals surface area contributed by atoms with Crippen LogP contribution in [-0.4, -0.2) is 103 Å². The second-order valence-electron chi connectivity index (χ2n) is 9.83. The third kappa shape index (κ3) is 5.38. The number of fused-ring (bicyclic) bond motifs is 4. The average Bonchev–Trinajstić information content (AvgIpc) is 3.55. The fourth-order valence-corrected chi connectivity index (χ4v) is 5.79. The molecule has 3 saturated heterocycles. The first-order valence-corrected chi connectivity index (χ1v) is 13.0. The number of carbonyl (C=O) groups is 3. The molecule has 39 heavy (non-hydrogen) atoms. The fraction of sp³-hybridized carbons (Fsp3) is 0.577. The van der Waals surface area contributed by atoms with Crippen molar-refractivity contribution >= 4 is 23.9 Å². The minimum absolute atomic E-state index is 0.00334. The van der Waals surface area contributed by atoms with Gasteiger partial charge in [0.15, 0.2) is 6.04 Å². The van der Waals surface area contributed by atoms with E-state index < -0.39 is 47.7 Å². The number of benzene rings is 1. The molecular weight excluding hydrogens is 514 g/mol. The Hall–Kier alpha value is -3.07. The summed E-state index contributed by atoms with van der Waals surface area (Å²) in [6, 6.07) is 6.49. The summed E-state index contributed by atoms with van der Waals surface area (Å²) in [5, 5.41) is 24.6. The number of hydroxylamine groups is 2. The van der Waals surface area contributed by atoms with E-state index in [1.807, 2.05) is 24.3 Å². The Morgan fingerprint density at radius 2 is 2.00 bits per heavy atom. The van der Waals surface area contributed by atoms with Crippen molar-refractivity contribution < 1.29 is 48.4 Å². The molecule has 1 aliphatic carbocycles. The summed E-state index contributed by atoms with van der Waals surface area (Å²) in [5.74, 6) is -1.30. The summed E-state index contributed by atoms with van der Waals surface area (Å²) in [5.41, 5.74) is 0.364. The number of carbonyl (C=O) groups excluding carboxylic acids is 3. The lowest BCUT2D eigenvalue weighted by Crippen LogP contribution is -2.69. The van der Waals surface area contributed by atoms with Crippen LogP contribution in [0.3, 0.4) is 0 Å². The van der Waals surface area contributed by atoms with Gasteiger partial charge in [-0.25, -0.2) is 0 Å². The van der Waals surface area contributed by atoms with Gasteiger partial charge in [-0.15, -0.1) is 0 Å². The Kier molecular flexibility index (Phi) is 8.45. The Bertz CT molecular complexity index is 1100. The van der Waals surface area contributed by atoms with Crippen molar-refractivity contribution in [3.05, 3.63) is 41.7 Å². The lowest BCUT2D eigenvalue weighted by atomic mass is 9.62. The van der Waals surface area contributed by atoms with E-state index >= 15 is 0 Å². The largest absolute Gasteiger partial charge is 0.499 e. The zero-order valence-electron chi connectivity index (χ0n) is 21.3. The summed E-state index contributed by atoms with van der Waals surface area (Å²) in [6.45, 7) is 0.302. The molecule has 0 spiro atoms. The van der Waals surface area contributed by atoms with Crippen LogP contribution in [0.25, 0.3) is 6.08 Å². The Labute approximate surface area is 224 Å². The topological polar surface area (TPSA) is 165 Å². The van der Waals surface area contributed by atoms with Gasteiger partial charge >= 0.3 is 5.97 Å². The standard InChI is InChI=1S/C26H33N3O10/c30-8-7-27-19(32)4-6-28-25(34)26-13-18-20-21(37-15-36-20)23(26)39-29(22(26)24(33)38-18)14-17-3-1-2-16(12-17)5-10-35-11-9-31/h1-3,5,10,12,18,20-23,30-31H,4,6-9,11,13-15H2,(H,27,32)(H,28,34)/t18-,20+,21+,22+,23-,26+/m1/s1. The van der Waals surface area contributed by atoms with Crippen LogP contribution >= 0.6 is 0 Å². The summed E-state index contributed by atoms with van der Waals surface area (Å²) < 4.78 is 22.5. The first kappa shape index (κ1) is 27.5. The van der Waals surface area contributed by atoms with Crippen molar-refractivity contribution in [1.29, 1.82) is 0 Å². The van der Waals surface area contributed by atoms with Gasteiger partial charge in [-0.3, -0.25) is 19.2 Å². The van der Waals surface area contributed by atoms with E-state index in [1.54, 1.807) is 6.08 Å². The molecule has 0 unspecified atom stereocenters. The van der Waals surface area contributed by atoms with Gasteiger partial charge in [0.1, 0.15) is 43.2 Å². The van der Waals surface area contributed by atoms with Crippen LogP contribution in [0, 0.1) is 5.41 Å². The predicted octanol–water partition coefficient (Wildman–Crippen LogP) is -1.18. The van der Waals surface area contributed by atoms with Crippen LogP contribution in [0.1, 0.15) is 24.0 Å². The van der Waals surface area contributed by atoms with Gasteiger partial charge in [0.2, 0.25) is 11.8 Å². The number of rotatable bonds is 12. The Morgan fingerprint density at radius 3 is 2.82 bits per heavy atom. The van der Waals surface area contributed by atoms with E-state index in [0.717, 1.165) is 11.1 Å². The first-order chi connectivity index (χ1) is 19.0. The van der Waals surface area contributed by atoms with Crippen LogP contribution < -0.4 is 10.6 Å². The van der Waals surface area contributed by atoms with Crippen molar-refractivity contribution in [2.24, 2.45) is 5.41 Å². The molecule has 13 nitrogen and oxygen atoms in total. The molecule has 4 fully saturated rings. The SMILES string of the molecule is O=C(CCNC(=O)[C@@]12C[C@H]3OC(=O)[C@@H]1N(Cc1cccc(C=COCCO)c1)O[C@@H]2[C@H]1OCO[C@H]13)NCCO. The van der Waals surface area contributed by atoms with E-state index in [2.05, 4.69) is 10.6 Å². The quantitative estimate of drug-likeness (QED) is 0.141. The van der Waals surface area contributed by atoms with E-state index in [9.17, 15) is 14.4 Å². The fourth-order valence-electron chi connectivity index (χ4n) is 5.79. The zero-order valence-corrected chi connectivity index (χ0v) is 21.3. The molecule has 0 radical (unpaired) electrons. The summed E-state index contributed by atoms with van der Waals surface area (Å²) in [6.07, 6.45) is 0.855. The number of esters is 1. The summed E-state index contributed by atoms with van der Waals surface area (Å²) in [4.78, 5) is 45.5. The molecule has 1 aromatic rings. The van der Waals surface area contributed by atoms with Gasteiger partial charge in [0, 0.05) is 25.9 Å². The molecule has 5 rings (SSSR count). The molecule has 6 atom stereocenters. The van der Waals surface area contributed by atoms with Crippen LogP contribution in [0.5, 0.6) is 0 Å². The van der Waals surface area contributed by atoms with Gasteiger partial charge in [-0.1, -0.05) is 24.3 Å². The van der Waals surface area contributed by atoms with Crippen molar-refractivity contribution in [2.45, 2.75) is 49.8 Å². The average molecular weight is 548 g/mol. The highest BCUT2D eigenvalue weighted by molar-refractivity contribution is 5.93. The van der Waals surface area contributed by atoms with Crippen LogP contribution in [0.4, 0.5) is 0 Å². The number of ether oxygens (including phenoxy) is 4. The van der Waals surface area contributed by atoms with Crippen molar-refractivity contribution in [1.82, 2.24) is 15.7 Å². The minimum atomic E-state index is -1.30. The van der Waals surface area contributed by atoms with Gasteiger partial charge in [0.05, 0.1) is 26.0 Å². The highest BCUT2D eigenvalue weighted by atomic mass is 16.8. The van der Waals surface area contributed by atoms with Crippen molar-refractivity contribution in [3.63, 3.8) is 0 Å². The number of nitrogens with one attached hydrogen (secondary N) is 2. The molecule has 4 aliphatic rings. The smallest absolute Gasteiger partial charge is 0.327 e. The first-order valence-electron chi connectivity index (χ1n) is 13.0. The predicted molar refractivity (Wildman–Crippen MR) is 132 cm³/mol. The second kappa shape index (κ2) is 12.0. The molecular formula is C26H33N3O10. The Balaban J connectivity index is 1.37. The molecule has 3 heterocycles. The van der Waals surface area contributed by atoms with Crippen LogP contribution in [0.2, 0.25) is 0 Å². The molecule has 2 bridgehead atoms. The second-order valence-corrected chi connectivity index (χ2v) is 9.83. The van der Waals surface area contributed by atoms with E-state index in [0.29, 0.717) is 0 Å². The number of amides is 2. The molecule has 0 aromatic heterocycles. The number of hydrogen-bond acceptors (Lipinski definition) is 11. The molecule has 3 aliphatic heterocycles. The molecule has 13 heteroatoms. The molecule has 1 saturated carbocycles.